The number of nitrogens with zero attached hydrogens (tertiary/aromatic N) is 4. The zero-order valence-corrected chi connectivity index (χ0v) is 17.1. The molecule has 0 radical (unpaired) electrons. The number of piperidine rings is 1. The molecule has 6 nitrogen and oxygen atoms in total. The van der Waals surface area contributed by atoms with Crippen LogP contribution in [0.25, 0.3) is 27.6 Å². The molecule has 7 heteroatoms. The number of benzene rings is 1. The highest BCUT2D eigenvalue weighted by atomic mass is 19.1. The molecule has 2 N–H and O–H groups in total. The summed E-state index contributed by atoms with van der Waals surface area (Å²) in [5.74, 6) is 0.0835. The second-order valence-corrected chi connectivity index (χ2v) is 9.10. The number of hydrogen-bond acceptors (Lipinski definition) is 6. The molecule has 5 rings (SSSR count). The van der Waals surface area contributed by atoms with Crippen LogP contribution < -0.4 is 5.32 Å². The molecule has 3 aromatic rings. The van der Waals surface area contributed by atoms with E-state index in [0.717, 1.165) is 23.6 Å². The molecule has 4 heterocycles. The number of hydrogen-bond donors (Lipinski definition) is 2. The molecule has 2 saturated heterocycles. The fraction of sp³-hybridized carbons (Fsp3) is 0.391. The van der Waals surface area contributed by atoms with Gasteiger partial charge in [-0.15, -0.1) is 10.2 Å². The molecule has 2 bridgehead atoms. The van der Waals surface area contributed by atoms with Crippen LogP contribution in [-0.4, -0.2) is 42.5 Å². The minimum Gasteiger partial charge on any atom is -0.507 e. The smallest absolute Gasteiger partial charge is 0.177 e. The van der Waals surface area contributed by atoms with E-state index in [4.69, 9.17) is 0 Å². The Morgan fingerprint density at radius 1 is 1.20 bits per heavy atom. The van der Waals surface area contributed by atoms with E-state index in [9.17, 15) is 5.11 Å². The Morgan fingerprint density at radius 2 is 2.03 bits per heavy atom. The molecule has 0 amide bonds. The van der Waals surface area contributed by atoms with Crippen molar-refractivity contribution < 1.29 is 9.50 Å². The molecule has 0 aliphatic carbocycles. The molecule has 2 aliphatic heterocycles. The van der Waals surface area contributed by atoms with E-state index >= 15 is 4.39 Å². The molecule has 2 fully saturated rings. The predicted octanol–water partition coefficient (Wildman–Crippen LogP) is 4.06. The second kappa shape index (κ2) is 6.54. The maximum Gasteiger partial charge on any atom is 0.177 e. The second-order valence-electron chi connectivity index (χ2n) is 9.10. The number of phenols is 1. The van der Waals surface area contributed by atoms with Crippen molar-refractivity contribution in [3.8, 4) is 17.0 Å². The van der Waals surface area contributed by atoms with E-state index in [1.54, 1.807) is 24.7 Å². The Kier molecular flexibility index (Phi) is 4.15. The van der Waals surface area contributed by atoms with Gasteiger partial charge in [-0.25, -0.2) is 9.37 Å². The number of halogens is 1. The third-order valence-electron chi connectivity index (χ3n) is 6.74. The topological polar surface area (TPSA) is 83.8 Å². The van der Waals surface area contributed by atoms with Gasteiger partial charge >= 0.3 is 0 Å². The molecule has 0 saturated carbocycles. The number of rotatable bonds is 3. The molecule has 154 valence electrons. The number of phenolic OH excluding ortho intramolecular Hbond substituents is 1. The highest BCUT2D eigenvalue weighted by Gasteiger charge is 2.56. The van der Waals surface area contributed by atoms with Crippen LogP contribution in [0, 0.1) is 5.92 Å². The van der Waals surface area contributed by atoms with Crippen molar-refractivity contribution in [2.24, 2.45) is 5.92 Å². The first-order valence-electron chi connectivity index (χ1n) is 10.2. The maximum absolute atomic E-state index is 15.3. The normalized spacial score (nSPS) is 30.5. The van der Waals surface area contributed by atoms with Gasteiger partial charge < -0.3 is 10.4 Å². The van der Waals surface area contributed by atoms with Gasteiger partial charge in [-0.2, -0.15) is 0 Å². The zero-order valence-electron chi connectivity index (χ0n) is 17.1. The number of pyridine rings is 1. The summed E-state index contributed by atoms with van der Waals surface area (Å²) >= 11 is 0. The van der Waals surface area contributed by atoms with Gasteiger partial charge in [-0.1, -0.05) is 6.58 Å². The first-order valence-corrected chi connectivity index (χ1v) is 10.2. The summed E-state index contributed by atoms with van der Waals surface area (Å²) in [6.07, 6.45) is 6.31. The number of aromatic hydroxyl groups is 1. The number of fused-ring (bicyclic) bond motifs is 3. The van der Waals surface area contributed by atoms with E-state index in [1.165, 1.54) is 0 Å². The van der Waals surface area contributed by atoms with Gasteiger partial charge in [0.2, 0.25) is 0 Å². The Bertz CT molecular complexity index is 1150. The molecule has 0 spiro atoms. The van der Waals surface area contributed by atoms with Crippen molar-refractivity contribution in [1.29, 1.82) is 0 Å². The fourth-order valence-corrected chi connectivity index (χ4v) is 5.08. The zero-order chi connectivity index (χ0) is 21.1. The molecule has 2 aromatic heterocycles. The van der Waals surface area contributed by atoms with Crippen molar-refractivity contribution in [2.45, 2.75) is 50.4 Å². The lowest BCUT2D eigenvalue weighted by Gasteiger charge is -2.45. The van der Waals surface area contributed by atoms with Crippen LogP contribution in [0.15, 0.2) is 43.4 Å². The summed E-state index contributed by atoms with van der Waals surface area (Å²) in [7, 11) is 0. The van der Waals surface area contributed by atoms with Gasteiger partial charge in [0.25, 0.3) is 0 Å². The van der Waals surface area contributed by atoms with Gasteiger partial charge in [0.05, 0.1) is 6.20 Å². The Hall–Kier alpha value is -2.93. The van der Waals surface area contributed by atoms with Gasteiger partial charge in [-0.05, 0) is 62.3 Å². The molecule has 1 aromatic carbocycles. The average Bonchev–Trinajstić information content (AvgIpc) is 3.02. The summed E-state index contributed by atoms with van der Waals surface area (Å²) in [5, 5.41) is 24.1. The quantitative estimate of drug-likeness (QED) is 0.684. The van der Waals surface area contributed by atoms with Crippen molar-refractivity contribution in [3.05, 3.63) is 49.2 Å². The van der Waals surface area contributed by atoms with E-state index in [2.05, 4.69) is 39.0 Å². The number of aromatic nitrogens is 4. The summed E-state index contributed by atoms with van der Waals surface area (Å²) in [6, 6.07) is 5.34. The van der Waals surface area contributed by atoms with Gasteiger partial charge in [0.1, 0.15) is 17.6 Å². The lowest BCUT2D eigenvalue weighted by atomic mass is 9.75. The van der Waals surface area contributed by atoms with Crippen molar-refractivity contribution >= 4 is 16.3 Å². The Morgan fingerprint density at radius 3 is 2.80 bits per heavy atom. The third kappa shape index (κ3) is 2.96. The van der Waals surface area contributed by atoms with E-state index < -0.39 is 11.7 Å². The van der Waals surface area contributed by atoms with Crippen LogP contribution in [0.4, 0.5) is 4.39 Å². The monoisotopic (exact) mass is 405 g/mol. The lowest BCUT2D eigenvalue weighted by molar-refractivity contribution is 0.0769. The van der Waals surface area contributed by atoms with Gasteiger partial charge in [-0.3, -0.25) is 4.98 Å². The van der Waals surface area contributed by atoms with Gasteiger partial charge in [0.15, 0.2) is 5.82 Å². The lowest BCUT2D eigenvalue weighted by Crippen LogP contribution is -2.60. The first kappa shape index (κ1) is 19.1. The number of alkyl halides is 1. The van der Waals surface area contributed by atoms with Gasteiger partial charge in [0, 0.05) is 40.3 Å². The highest BCUT2D eigenvalue weighted by molar-refractivity contribution is 5.89. The van der Waals surface area contributed by atoms with Crippen LogP contribution >= 0.6 is 0 Å². The Labute approximate surface area is 174 Å². The summed E-state index contributed by atoms with van der Waals surface area (Å²) in [6.45, 7) is 8.22. The minimum atomic E-state index is -1.05. The Balaban J connectivity index is 1.44. The number of nitrogens with one attached hydrogen (secondary N) is 1. The summed E-state index contributed by atoms with van der Waals surface area (Å²) in [5.41, 5.74) is 0.929. The number of allylic oxidation sites excluding steroid dienone is 1. The van der Waals surface area contributed by atoms with Crippen molar-refractivity contribution in [3.63, 3.8) is 0 Å². The van der Waals surface area contributed by atoms with Crippen LogP contribution in [0.3, 0.4) is 0 Å². The van der Waals surface area contributed by atoms with Crippen LogP contribution in [0.5, 0.6) is 5.75 Å². The van der Waals surface area contributed by atoms with Crippen molar-refractivity contribution in [1.82, 2.24) is 25.5 Å². The summed E-state index contributed by atoms with van der Waals surface area (Å²) in [4.78, 5) is 8.48. The average molecular weight is 405 g/mol. The predicted molar refractivity (Wildman–Crippen MR) is 113 cm³/mol. The minimum absolute atomic E-state index is 0.0813. The van der Waals surface area contributed by atoms with Crippen LogP contribution in [-0.2, 0) is 0 Å². The molecule has 30 heavy (non-hydrogen) atoms. The molecule has 2 aliphatic rings. The van der Waals surface area contributed by atoms with Crippen molar-refractivity contribution in [2.75, 3.05) is 0 Å². The maximum atomic E-state index is 15.3. The largest absolute Gasteiger partial charge is 0.507 e. The molecular formula is C23H24FN5O. The third-order valence-corrected chi connectivity index (χ3v) is 6.74. The molecule has 0 unspecified atom stereocenters. The van der Waals surface area contributed by atoms with E-state index in [1.807, 2.05) is 19.1 Å². The first-order chi connectivity index (χ1) is 14.3. The van der Waals surface area contributed by atoms with Crippen LogP contribution in [0.2, 0.25) is 0 Å². The molecular weight excluding hydrogens is 381 g/mol. The fourth-order valence-electron chi connectivity index (χ4n) is 5.08. The molecule has 4 atom stereocenters. The standard InChI is InChI=1S/C23H24FN5O/c1-13(17-10-22(2)5-6-23(3,29-22)20(17)24)21-26-12-18(27-28-21)16-8-14-4-7-25-11-15(14)9-19(16)30/h4,7-9,11-12,17,20,29-30H,1,5-6,10H2,2-3H3/t17-,20-,22+,23-/m1/s1. The highest BCUT2D eigenvalue weighted by Crippen LogP contribution is 2.49. The van der Waals surface area contributed by atoms with E-state index in [0.29, 0.717) is 29.1 Å². The SMILES string of the molecule is C=C(c1ncc(-c2cc3ccncc3cc2O)nn1)[C@H]1C[C@]2(C)CC[C@@](C)(N2)[C@@H]1F. The van der Waals surface area contributed by atoms with Crippen LogP contribution in [0.1, 0.15) is 38.9 Å². The summed E-state index contributed by atoms with van der Waals surface area (Å²) < 4.78 is 15.3. The van der Waals surface area contributed by atoms with E-state index in [-0.39, 0.29) is 17.2 Å².